The third kappa shape index (κ3) is 2.78. The molecule has 0 spiro atoms. The van der Waals surface area contributed by atoms with Gasteiger partial charge in [0.15, 0.2) is 5.13 Å². The Morgan fingerprint density at radius 3 is 2.38 bits per heavy atom. The van der Waals surface area contributed by atoms with Gasteiger partial charge in [-0.1, -0.05) is 42.5 Å². The van der Waals surface area contributed by atoms with Crippen LogP contribution in [0.2, 0.25) is 0 Å². The van der Waals surface area contributed by atoms with Crippen molar-refractivity contribution in [2.45, 2.75) is 26.2 Å². The first-order valence-corrected chi connectivity index (χ1v) is 8.05. The van der Waals surface area contributed by atoms with Crippen LogP contribution in [-0.4, -0.2) is 29.1 Å². The summed E-state index contributed by atoms with van der Waals surface area (Å²) in [5.41, 5.74) is 3.49. The number of thiazole rings is 1. The maximum atomic E-state index is 11.3. The monoisotopic (exact) mass is 302 g/mol. The molecule has 4 nitrogen and oxygen atoms in total. The number of rotatable bonds is 3. The van der Waals surface area contributed by atoms with Crippen LogP contribution in [0.4, 0.5) is 5.13 Å². The lowest BCUT2D eigenvalue weighted by Crippen LogP contribution is -2.25. The van der Waals surface area contributed by atoms with Crippen molar-refractivity contribution in [3.63, 3.8) is 0 Å². The minimum absolute atomic E-state index is 0.384. The van der Waals surface area contributed by atoms with Gasteiger partial charge in [-0.05, 0) is 30.4 Å². The normalized spacial score (nSPS) is 14.6. The van der Waals surface area contributed by atoms with Crippen molar-refractivity contribution in [3.8, 4) is 0 Å². The number of aromatic carboxylic acids is 1. The average Bonchev–Trinajstić information content (AvgIpc) is 2.81. The van der Waals surface area contributed by atoms with E-state index in [0.717, 1.165) is 31.1 Å². The van der Waals surface area contributed by atoms with Gasteiger partial charge in [0.1, 0.15) is 4.88 Å². The molecule has 0 fully saturated rings. The van der Waals surface area contributed by atoms with Crippen molar-refractivity contribution < 1.29 is 9.90 Å². The van der Waals surface area contributed by atoms with Gasteiger partial charge in [-0.2, -0.15) is 0 Å². The zero-order chi connectivity index (χ0) is 14.8. The summed E-state index contributed by atoms with van der Waals surface area (Å²) < 4.78 is 0. The molecule has 110 valence electrons. The molecule has 0 saturated heterocycles. The lowest BCUT2D eigenvalue weighted by molar-refractivity contribution is 0.0701. The third-order valence-corrected chi connectivity index (χ3v) is 5.05. The molecular weight excluding hydrogens is 284 g/mol. The third-order valence-electron chi connectivity index (χ3n) is 3.91. The Kier molecular flexibility index (Phi) is 3.92. The molecule has 0 amide bonds. The van der Waals surface area contributed by atoms with Crippen molar-refractivity contribution in [1.82, 2.24) is 4.98 Å². The van der Waals surface area contributed by atoms with Crippen molar-refractivity contribution in [1.29, 1.82) is 0 Å². The molecule has 2 aromatic rings. The summed E-state index contributed by atoms with van der Waals surface area (Å²) in [6, 6.07) is 8.52. The van der Waals surface area contributed by atoms with Gasteiger partial charge in [0.25, 0.3) is 0 Å². The Morgan fingerprint density at radius 2 is 1.90 bits per heavy atom. The topological polar surface area (TPSA) is 53.4 Å². The maximum Gasteiger partial charge on any atom is 0.347 e. The molecule has 1 N–H and O–H groups in total. The Morgan fingerprint density at radius 1 is 1.29 bits per heavy atom. The zero-order valence-corrected chi connectivity index (χ0v) is 12.8. The highest BCUT2D eigenvalue weighted by molar-refractivity contribution is 7.17. The number of aromatic nitrogens is 1. The van der Waals surface area contributed by atoms with Gasteiger partial charge in [0, 0.05) is 13.1 Å². The SMILES string of the molecule is CCc1nc(N2CCc3ccccc3CC2)sc1C(=O)O. The highest BCUT2D eigenvalue weighted by atomic mass is 32.1. The van der Waals surface area contributed by atoms with E-state index >= 15 is 0 Å². The fourth-order valence-corrected chi connectivity index (χ4v) is 3.79. The first kappa shape index (κ1) is 14.1. The minimum atomic E-state index is -0.867. The number of carbonyl (C=O) groups is 1. The van der Waals surface area contributed by atoms with E-state index < -0.39 is 5.97 Å². The number of fused-ring (bicyclic) bond motifs is 1. The van der Waals surface area contributed by atoms with Crippen LogP contribution in [0.1, 0.15) is 33.4 Å². The van der Waals surface area contributed by atoms with E-state index in [4.69, 9.17) is 0 Å². The Bertz CT molecular complexity index is 639. The summed E-state index contributed by atoms with van der Waals surface area (Å²) in [4.78, 5) is 18.4. The summed E-state index contributed by atoms with van der Waals surface area (Å²) in [6.07, 6.45) is 2.63. The van der Waals surface area contributed by atoms with E-state index in [1.165, 1.54) is 22.5 Å². The van der Waals surface area contributed by atoms with Crippen LogP contribution in [0.25, 0.3) is 0 Å². The zero-order valence-electron chi connectivity index (χ0n) is 12.0. The Balaban J connectivity index is 1.84. The lowest BCUT2D eigenvalue weighted by Gasteiger charge is -2.18. The highest BCUT2D eigenvalue weighted by Crippen LogP contribution is 2.28. The second-order valence-electron chi connectivity index (χ2n) is 5.19. The molecule has 21 heavy (non-hydrogen) atoms. The van der Waals surface area contributed by atoms with Crippen LogP contribution in [0.15, 0.2) is 24.3 Å². The van der Waals surface area contributed by atoms with E-state index in [9.17, 15) is 9.90 Å². The van der Waals surface area contributed by atoms with Gasteiger partial charge < -0.3 is 10.0 Å². The number of anilines is 1. The van der Waals surface area contributed by atoms with Gasteiger partial charge in [-0.3, -0.25) is 0 Å². The van der Waals surface area contributed by atoms with Crippen molar-refractivity contribution >= 4 is 22.4 Å². The van der Waals surface area contributed by atoms with E-state index in [1.807, 2.05) is 6.92 Å². The van der Waals surface area contributed by atoms with E-state index in [1.54, 1.807) is 0 Å². The van der Waals surface area contributed by atoms with Crippen LogP contribution < -0.4 is 4.90 Å². The van der Waals surface area contributed by atoms with Crippen molar-refractivity contribution in [2.75, 3.05) is 18.0 Å². The number of hydrogen-bond acceptors (Lipinski definition) is 4. The number of carboxylic acids is 1. The van der Waals surface area contributed by atoms with Gasteiger partial charge in [-0.25, -0.2) is 9.78 Å². The largest absolute Gasteiger partial charge is 0.477 e. The molecule has 5 heteroatoms. The highest BCUT2D eigenvalue weighted by Gasteiger charge is 2.21. The van der Waals surface area contributed by atoms with Crippen LogP contribution >= 0.6 is 11.3 Å². The first-order chi connectivity index (χ1) is 10.2. The van der Waals surface area contributed by atoms with Gasteiger partial charge in [0.05, 0.1) is 5.69 Å². The second kappa shape index (κ2) is 5.85. The van der Waals surface area contributed by atoms with E-state index in [2.05, 4.69) is 34.1 Å². The molecule has 1 aromatic carbocycles. The molecule has 0 aliphatic carbocycles. The molecule has 3 rings (SSSR count). The number of carboxylic acid groups (broad SMARTS) is 1. The second-order valence-corrected chi connectivity index (χ2v) is 6.16. The van der Waals surface area contributed by atoms with Crippen LogP contribution in [0, 0.1) is 0 Å². The van der Waals surface area contributed by atoms with Gasteiger partial charge in [0.2, 0.25) is 0 Å². The Hall–Kier alpha value is -1.88. The summed E-state index contributed by atoms with van der Waals surface area (Å²) in [5.74, 6) is -0.867. The molecule has 0 bridgehead atoms. The van der Waals surface area contributed by atoms with Crippen LogP contribution in [0.3, 0.4) is 0 Å². The van der Waals surface area contributed by atoms with Crippen molar-refractivity contribution in [2.24, 2.45) is 0 Å². The summed E-state index contributed by atoms with van der Waals surface area (Å²) >= 11 is 1.30. The fraction of sp³-hybridized carbons (Fsp3) is 0.375. The summed E-state index contributed by atoms with van der Waals surface area (Å²) in [6.45, 7) is 3.74. The summed E-state index contributed by atoms with van der Waals surface area (Å²) in [7, 11) is 0. The average molecular weight is 302 g/mol. The quantitative estimate of drug-likeness (QED) is 0.947. The molecule has 0 unspecified atom stereocenters. The fourth-order valence-electron chi connectivity index (χ4n) is 2.74. The first-order valence-electron chi connectivity index (χ1n) is 7.23. The standard InChI is InChI=1S/C16H18N2O2S/c1-2-13-14(15(19)20)21-16(17-13)18-9-7-11-5-3-4-6-12(11)8-10-18/h3-6H,2,7-10H2,1H3,(H,19,20). The van der Waals surface area contributed by atoms with Gasteiger partial charge >= 0.3 is 5.97 Å². The molecular formula is C16H18N2O2S. The maximum absolute atomic E-state index is 11.3. The minimum Gasteiger partial charge on any atom is -0.477 e. The number of nitrogens with zero attached hydrogens (tertiary/aromatic N) is 2. The predicted molar refractivity (Wildman–Crippen MR) is 84.5 cm³/mol. The van der Waals surface area contributed by atoms with Gasteiger partial charge in [-0.15, -0.1) is 0 Å². The summed E-state index contributed by atoms with van der Waals surface area (Å²) in [5, 5.41) is 10.1. The Labute approximate surface area is 128 Å². The molecule has 0 saturated carbocycles. The van der Waals surface area contributed by atoms with Crippen LogP contribution in [-0.2, 0) is 19.3 Å². The molecule has 1 aromatic heterocycles. The number of hydrogen-bond donors (Lipinski definition) is 1. The van der Waals surface area contributed by atoms with E-state index in [0.29, 0.717) is 17.0 Å². The predicted octanol–water partition coefficient (Wildman–Crippen LogP) is 3.01. The number of benzene rings is 1. The number of aryl methyl sites for hydroxylation is 1. The lowest BCUT2D eigenvalue weighted by atomic mass is 10.0. The molecule has 0 radical (unpaired) electrons. The molecule has 2 heterocycles. The molecule has 1 aliphatic rings. The van der Waals surface area contributed by atoms with E-state index in [-0.39, 0.29) is 0 Å². The molecule has 1 aliphatic heterocycles. The van der Waals surface area contributed by atoms with Crippen molar-refractivity contribution in [3.05, 3.63) is 46.0 Å². The molecule has 0 atom stereocenters. The van der Waals surface area contributed by atoms with Crippen LogP contribution in [0.5, 0.6) is 0 Å². The smallest absolute Gasteiger partial charge is 0.347 e.